The Morgan fingerprint density at radius 1 is 1.67 bits per heavy atom. The van der Waals surface area contributed by atoms with Crippen LogP contribution >= 0.6 is 12.4 Å². The molecule has 1 aliphatic heterocycles. The number of hydrogen-bond acceptors (Lipinski definition) is 3. The molecule has 0 spiro atoms. The Labute approximate surface area is 77.1 Å². The van der Waals surface area contributed by atoms with E-state index in [1.807, 2.05) is 0 Å². The highest BCUT2D eigenvalue weighted by Crippen LogP contribution is 2.16. The van der Waals surface area contributed by atoms with Gasteiger partial charge in [0.1, 0.15) is 6.17 Å². The normalized spacial score (nSPS) is 28.8. The molecule has 0 aromatic heterocycles. The van der Waals surface area contributed by atoms with Crippen LogP contribution in [-0.2, 0) is 9.53 Å². The smallest absolute Gasteiger partial charge is 0.311 e. The quantitative estimate of drug-likeness (QED) is 0.624. The van der Waals surface area contributed by atoms with Gasteiger partial charge in [-0.25, -0.2) is 4.39 Å². The van der Waals surface area contributed by atoms with Gasteiger partial charge in [-0.3, -0.25) is 4.79 Å². The van der Waals surface area contributed by atoms with Crippen molar-refractivity contribution in [1.82, 2.24) is 5.32 Å². The fourth-order valence-corrected chi connectivity index (χ4v) is 1.24. The number of rotatable bonds is 1. The highest BCUT2D eigenvalue weighted by molar-refractivity contribution is 5.85. The molecule has 1 fully saturated rings. The minimum absolute atomic E-state index is 0. The zero-order valence-electron chi connectivity index (χ0n) is 6.88. The van der Waals surface area contributed by atoms with E-state index in [1.54, 1.807) is 0 Å². The van der Waals surface area contributed by atoms with Crippen molar-refractivity contribution in [2.45, 2.75) is 12.6 Å². The van der Waals surface area contributed by atoms with Crippen LogP contribution in [0.4, 0.5) is 4.39 Å². The number of ether oxygens (including phenoxy) is 1. The van der Waals surface area contributed by atoms with Crippen LogP contribution in [-0.4, -0.2) is 32.3 Å². The van der Waals surface area contributed by atoms with Gasteiger partial charge in [-0.15, -0.1) is 12.4 Å². The predicted octanol–water partition coefficient (Wildman–Crippen LogP) is 0.529. The number of nitrogens with one attached hydrogen (secondary N) is 1. The summed E-state index contributed by atoms with van der Waals surface area (Å²) in [6, 6.07) is 0. The Morgan fingerprint density at radius 2 is 2.33 bits per heavy atom. The van der Waals surface area contributed by atoms with Gasteiger partial charge in [-0.1, -0.05) is 0 Å². The van der Waals surface area contributed by atoms with Gasteiger partial charge in [-0.2, -0.15) is 0 Å². The lowest BCUT2D eigenvalue weighted by molar-refractivity contribution is -0.148. The van der Waals surface area contributed by atoms with E-state index in [9.17, 15) is 9.18 Å². The maximum atomic E-state index is 12.9. The minimum atomic E-state index is -1.09. The van der Waals surface area contributed by atoms with Gasteiger partial charge in [0.05, 0.1) is 13.0 Å². The third-order valence-corrected chi connectivity index (χ3v) is 1.91. The largest absolute Gasteiger partial charge is 0.469 e. The number of methoxy groups -OCH3 is 1. The van der Waals surface area contributed by atoms with E-state index < -0.39 is 18.1 Å². The molecular weight excluding hydrogens is 185 g/mol. The van der Waals surface area contributed by atoms with Gasteiger partial charge in [0.15, 0.2) is 0 Å². The number of halogens is 2. The van der Waals surface area contributed by atoms with E-state index in [1.165, 1.54) is 7.11 Å². The summed E-state index contributed by atoms with van der Waals surface area (Å²) >= 11 is 0. The van der Waals surface area contributed by atoms with Crippen LogP contribution in [0, 0.1) is 5.92 Å². The Bertz CT molecular complexity index is 156. The van der Waals surface area contributed by atoms with Crippen molar-refractivity contribution >= 4 is 18.4 Å². The maximum Gasteiger partial charge on any atom is 0.311 e. The summed E-state index contributed by atoms with van der Waals surface area (Å²) in [4.78, 5) is 10.9. The van der Waals surface area contributed by atoms with Crippen molar-refractivity contribution in [2.24, 2.45) is 5.92 Å². The summed E-state index contributed by atoms with van der Waals surface area (Å²) in [6.45, 7) is 0.958. The van der Waals surface area contributed by atoms with Crippen LogP contribution in [0.3, 0.4) is 0 Å². The van der Waals surface area contributed by atoms with Gasteiger partial charge in [0.2, 0.25) is 0 Å². The predicted molar refractivity (Wildman–Crippen MR) is 45.1 cm³/mol. The van der Waals surface area contributed by atoms with Gasteiger partial charge >= 0.3 is 5.97 Å². The zero-order chi connectivity index (χ0) is 8.27. The first-order chi connectivity index (χ1) is 5.25. The second-order valence-corrected chi connectivity index (χ2v) is 2.64. The highest BCUT2D eigenvalue weighted by Gasteiger charge is 2.31. The van der Waals surface area contributed by atoms with Crippen molar-refractivity contribution in [3.05, 3.63) is 0 Å². The fraction of sp³-hybridized carbons (Fsp3) is 0.857. The number of carbonyl (C=O) groups is 1. The molecule has 2 atom stereocenters. The summed E-state index contributed by atoms with van der Waals surface area (Å²) in [5, 5.41) is 2.86. The van der Waals surface area contributed by atoms with Crippen LogP contribution in [0.2, 0.25) is 0 Å². The molecule has 0 unspecified atom stereocenters. The third kappa shape index (κ3) is 2.60. The van der Waals surface area contributed by atoms with Crippen LogP contribution in [0.5, 0.6) is 0 Å². The monoisotopic (exact) mass is 197 g/mol. The van der Waals surface area contributed by atoms with Crippen molar-refractivity contribution in [3.8, 4) is 0 Å². The summed E-state index contributed by atoms with van der Waals surface area (Å²) < 4.78 is 17.4. The summed E-state index contributed by atoms with van der Waals surface area (Å²) in [6.07, 6.45) is -0.551. The van der Waals surface area contributed by atoms with E-state index in [2.05, 4.69) is 10.1 Å². The molecule has 0 aromatic rings. The van der Waals surface area contributed by atoms with Gasteiger partial charge in [0, 0.05) is 6.54 Å². The molecule has 1 rings (SSSR count). The SMILES string of the molecule is COC(=O)[C@@H]1CCNC[C@@H]1F.Cl. The minimum Gasteiger partial charge on any atom is -0.469 e. The second-order valence-electron chi connectivity index (χ2n) is 2.64. The molecule has 0 amide bonds. The average Bonchev–Trinajstić information content (AvgIpc) is 2.04. The Hall–Kier alpha value is -0.350. The summed E-state index contributed by atoms with van der Waals surface area (Å²) in [5.74, 6) is -0.986. The van der Waals surface area contributed by atoms with Crippen molar-refractivity contribution < 1.29 is 13.9 Å². The number of carbonyl (C=O) groups excluding carboxylic acids is 1. The highest BCUT2D eigenvalue weighted by atomic mass is 35.5. The lowest BCUT2D eigenvalue weighted by Gasteiger charge is -2.24. The van der Waals surface area contributed by atoms with E-state index in [4.69, 9.17) is 0 Å². The molecule has 0 aliphatic carbocycles. The molecule has 0 saturated carbocycles. The lowest BCUT2D eigenvalue weighted by atomic mass is 9.97. The van der Waals surface area contributed by atoms with Crippen molar-refractivity contribution in [1.29, 1.82) is 0 Å². The standard InChI is InChI=1S/C7H12FNO2.ClH/c1-11-7(10)5-2-3-9-4-6(5)8;/h5-6,9H,2-4H2,1H3;1H/t5-,6+;/m1./s1. The number of esters is 1. The summed E-state index contributed by atoms with van der Waals surface area (Å²) in [5.41, 5.74) is 0. The average molecular weight is 198 g/mol. The lowest BCUT2D eigenvalue weighted by Crippen LogP contribution is -2.42. The van der Waals surface area contributed by atoms with Crippen molar-refractivity contribution in [2.75, 3.05) is 20.2 Å². The molecule has 1 aliphatic rings. The van der Waals surface area contributed by atoms with Gasteiger partial charge in [-0.05, 0) is 13.0 Å². The van der Waals surface area contributed by atoms with Gasteiger partial charge < -0.3 is 10.1 Å². The van der Waals surface area contributed by atoms with Gasteiger partial charge in [0.25, 0.3) is 0 Å². The molecule has 1 saturated heterocycles. The number of hydrogen-bond donors (Lipinski definition) is 1. The molecule has 0 bridgehead atoms. The van der Waals surface area contributed by atoms with Crippen molar-refractivity contribution in [3.63, 3.8) is 0 Å². The third-order valence-electron chi connectivity index (χ3n) is 1.91. The van der Waals surface area contributed by atoms with Crippen LogP contribution in [0.15, 0.2) is 0 Å². The second kappa shape index (κ2) is 5.32. The molecule has 1 N–H and O–H groups in total. The Kier molecular flexibility index (Phi) is 5.17. The van der Waals surface area contributed by atoms with Crippen LogP contribution < -0.4 is 5.32 Å². The Balaban J connectivity index is 0.00000121. The molecule has 12 heavy (non-hydrogen) atoms. The van der Waals surface area contributed by atoms with Crippen LogP contribution in [0.1, 0.15) is 6.42 Å². The Morgan fingerprint density at radius 3 is 2.83 bits per heavy atom. The topological polar surface area (TPSA) is 38.3 Å². The molecule has 0 aromatic carbocycles. The molecule has 1 heterocycles. The molecular formula is C7H13ClFNO2. The van der Waals surface area contributed by atoms with Crippen LogP contribution in [0.25, 0.3) is 0 Å². The molecule has 0 radical (unpaired) electrons. The first kappa shape index (κ1) is 11.6. The van der Waals surface area contributed by atoms with E-state index >= 15 is 0 Å². The zero-order valence-corrected chi connectivity index (χ0v) is 7.70. The first-order valence-corrected chi connectivity index (χ1v) is 3.68. The summed E-state index contributed by atoms with van der Waals surface area (Å²) in [7, 11) is 1.29. The number of piperidine rings is 1. The van der Waals surface area contributed by atoms with E-state index in [0.29, 0.717) is 13.0 Å². The molecule has 72 valence electrons. The molecule has 3 nitrogen and oxygen atoms in total. The maximum absolute atomic E-state index is 12.9. The van der Waals surface area contributed by atoms with E-state index in [-0.39, 0.29) is 19.0 Å². The first-order valence-electron chi connectivity index (χ1n) is 3.68. The fourth-order valence-electron chi connectivity index (χ4n) is 1.24. The van der Waals surface area contributed by atoms with E-state index in [0.717, 1.165) is 0 Å². The molecule has 5 heteroatoms. The number of alkyl halides is 1.